The number of methoxy groups -OCH3 is 1. The lowest BCUT2D eigenvalue weighted by atomic mass is 9.98. The van der Waals surface area contributed by atoms with Crippen molar-refractivity contribution < 1.29 is 19.0 Å². The Labute approximate surface area is 206 Å². The number of fused-ring (bicyclic) bond motifs is 3. The molecule has 0 radical (unpaired) electrons. The molecule has 0 saturated carbocycles. The van der Waals surface area contributed by atoms with Crippen LogP contribution in [0.15, 0.2) is 36.4 Å². The van der Waals surface area contributed by atoms with Crippen LogP contribution in [0.4, 0.5) is 5.69 Å². The number of rotatable bonds is 8. The van der Waals surface area contributed by atoms with E-state index in [4.69, 9.17) is 25.8 Å². The van der Waals surface area contributed by atoms with Crippen LogP contribution in [-0.4, -0.2) is 62.9 Å². The van der Waals surface area contributed by atoms with E-state index in [0.29, 0.717) is 48.2 Å². The van der Waals surface area contributed by atoms with Gasteiger partial charge in [-0.15, -0.1) is 0 Å². The van der Waals surface area contributed by atoms with Gasteiger partial charge in [-0.2, -0.15) is 0 Å². The number of hydrogen-bond acceptors (Lipinski definition) is 5. The largest absolute Gasteiger partial charge is 0.493 e. The van der Waals surface area contributed by atoms with Gasteiger partial charge in [0.1, 0.15) is 17.6 Å². The fraction of sp³-hybridized carbons (Fsp3) is 0.519. The second kappa shape index (κ2) is 10.1. The maximum Gasteiger partial charge on any atom is 0.258 e. The first-order valence-electron chi connectivity index (χ1n) is 12.3. The Morgan fingerprint density at radius 1 is 1.06 bits per heavy atom. The summed E-state index contributed by atoms with van der Waals surface area (Å²) in [5.41, 5.74) is 2.54. The van der Waals surface area contributed by atoms with Crippen molar-refractivity contribution in [1.82, 2.24) is 4.90 Å². The maximum atomic E-state index is 13.2. The zero-order chi connectivity index (χ0) is 23.7. The topological polar surface area (TPSA) is 51.2 Å². The third kappa shape index (κ3) is 4.77. The van der Waals surface area contributed by atoms with Crippen molar-refractivity contribution in [2.24, 2.45) is 0 Å². The average molecular weight is 485 g/mol. The third-order valence-corrected chi connectivity index (χ3v) is 7.79. The van der Waals surface area contributed by atoms with Crippen LogP contribution in [-0.2, 0) is 11.2 Å². The minimum atomic E-state index is -0.0104. The molecule has 182 valence electrons. The van der Waals surface area contributed by atoms with Gasteiger partial charge < -0.3 is 24.0 Å². The molecule has 2 aromatic rings. The van der Waals surface area contributed by atoms with Crippen LogP contribution in [0, 0.1) is 0 Å². The molecular weight excluding hydrogens is 452 g/mol. The normalized spacial score (nSPS) is 24.3. The summed E-state index contributed by atoms with van der Waals surface area (Å²) in [5.74, 6) is 1.49. The highest BCUT2D eigenvalue weighted by atomic mass is 35.5. The lowest BCUT2D eigenvalue weighted by Gasteiger charge is -2.36. The molecule has 3 aliphatic heterocycles. The van der Waals surface area contributed by atoms with E-state index in [-0.39, 0.29) is 12.0 Å². The van der Waals surface area contributed by atoms with Crippen molar-refractivity contribution >= 4 is 23.2 Å². The Balaban J connectivity index is 1.24. The van der Waals surface area contributed by atoms with Gasteiger partial charge in [-0.05, 0) is 81.1 Å². The molecule has 0 spiro atoms. The molecule has 34 heavy (non-hydrogen) atoms. The van der Waals surface area contributed by atoms with Gasteiger partial charge in [0.2, 0.25) is 0 Å². The molecule has 6 nitrogen and oxygen atoms in total. The van der Waals surface area contributed by atoms with E-state index in [1.807, 2.05) is 36.4 Å². The zero-order valence-electron chi connectivity index (χ0n) is 20.0. The van der Waals surface area contributed by atoms with Crippen molar-refractivity contribution in [1.29, 1.82) is 0 Å². The molecule has 3 atom stereocenters. The van der Waals surface area contributed by atoms with Gasteiger partial charge in [0.15, 0.2) is 0 Å². The molecule has 0 N–H and O–H groups in total. The van der Waals surface area contributed by atoms with Crippen molar-refractivity contribution in [3.63, 3.8) is 0 Å². The van der Waals surface area contributed by atoms with Crippen molar-refractivity contribution in [2.75, 3.05) is 38.8 Å². The number of nitrogens with zero attached hydrogens (tertiary/aromatic N) is 2. The molecule has 2 fully saturated rings. The van der Waals surface area contributed by atoms with Crippen LogP contribution in [0.3, 0.4) is 0 Å². The van der Waals surface area contributed by atoms with E-state index < -0.39 is 0 Å². The second-order valence-electron chi connectivity index (χ2n) is 9.60. The highest BCUT2D eigenvalue weighted by Gasteiger charge is 2.39. The molecule has 5 rings (SSSR count). The molecule has 0 aromatic heterocycles. The van der Waals surface area contributed by atoms with Gasteiger partial charge >= 0.3 is 0 Å². The summed E-state index contributed by atoms with van der Waals surface area (Å²) in [5, 5.41) is 0.558. The average Bonchev–Trinajstić information content (AvgIpc) is 3.03. The van der Waals surface area contributed by atoms with Gasteiger partial charge in [0, 0.05) is 50.0 Å². The van der Waals surface area contributed by atoms with E-state index in [9.17, 15) is 4.79 Å². The molecule has 2 bridgehead atoms. The lowest BCUT2D eigenvalue weighted by Crippen LogP contribution is -2.43. The predicted octanol–water partition coefficient (Wildman–Crippen LogP) is 4.96. The number of amides is 1. The monoisotopic (exact) mass is 484 g/mol. The highest BCUT2D eigenvalue weighted by molar-refractivity contribution is 6.32. The number of carbonyl (C=O) groups excluding carboxylic acids is 1. The summed E-state index contributed by atoms with van der Waals surface area (Å²) < 4.78 is 17.2. The molecule has 3 aliphatic rings. The highest BCUT2D eigenvalue weighted by Crippen LogP contribution is 2.38. The smallest absolute Gasteiger partial charge is 0.258 e. The van der Waals surface area contributed by atoms with Crippen molar-refractivity contribution in [2.45, 2.75) is 56.7 Å². The number of benzene rings is 2. The first-order valence-corrected chi connectivity index (χ1v) is 12.7. The van der Waals surface area contributed by atoms with Crippen LogP contribution in [0.5, 0.6) is 11.5 Å². The summed E-state index contributed by atoms with van der Waals surface area (Å²) in [6, 6.07) is 12.7. The number of carbonyl (C=O) groups is 1. The summed E-state index contributed by atoms with van der Waals surface area (Å²) in [4.78, 5) is 17.5. The van der Waals surface area contributed by atoms with Gasteiger partial charge in [-0.1, -0.05) is 11.6 Å². The van der Waals surface area contributed by atoms with Crippen LogP contribution in [0.25, 0.3) is 0 Å². The van der Waals surface area contributed by atoms with E-state index in [1.54, 1.807) is 12.0 Å². The molecule has 3 heterocycles. The van der Waals surface area contributed by atoms with E-state index in [0.717, 1.165) is 42.7 Å². The summed E-state index contributed by atoms with van der Waals surface area (Å²) in [6.07, 6.45) is 6.41. The standard InChI is InChI=1S/C27H33ClN2O4/c1-29-19-4-5-20(29)16-23(15-19)34-26-9-6-21(17-25(26)28)30-11-10-18-14-22(33-13-3-12-32-2)7-8-24(18)27(30)31/h6-9,14,17,19-20,23H,3-5,10-13,15-16H2,1-2H3/t19-,20+,23?. The Kier molecular flexibility index (Phi) is 7.00. The molecule has 7 heteroatoms. The van der Waals surface area contributed by atoms with E-state index in [2.05, 4.69) is 11.9 Å². The van der Waals surface area contributed by atoms with Crippen molar-refractivity contribution in [3.05, 3.63) is 52.5 Å². The molecule has 0 aliphatic carbocycles. The predicted molar refractivity (Wildman–Crippen MR) is 133 cm³/mol. The molecule has 1 amide bonds. The lowest BCUT2D eigenvalue weighted by molar-refractivity contribution is 0.0662. The Morgan fingerprint density at radius 2 is 1.85 bits per heavy atom. The van der Waals surface area contributed by atoms with E-state index in [1.165, 1.54) is 12.8 Å². The summed E-state index contributed by atoms with van der Waals surface area (Å²) in [6.45, 7) is 1.87. The molecule has 1 unspecified atom stereocenters. The molecule has 2 aromatic carbocycles. The number of halogens is 1. The van der Waals surface area contributed by atoms with Gasteiger partial charge in [-0.3, -0.25) is 4.79 Å². The van der Waals surface area contributed by atoms with Crippen LogP contribution in [0.1, 0.15) is 48.0 Å². The fourth-order valence-electron chi connectivity index (χ4n) is 5.58. The van der Waals surface area contributed by atoms with Gasteiger partial charge in [-0.25, -0.2) is 0 Å². The van der Waals surface area contributed by atoms with Crippen LogP contribution >= 0.6 is 11.6 Å². The fourth-order valence-corrected chi connectivity index (χ4v) is 5.80. The number of anilines is 1. The zero-order valence-corrected chi connectivity index (χ0v) is 20.7. The number of ether oxygens (including phenoxy) is 3. The number of hydrogen-bond donors (Lipinski definition) is 0. The third-order valence-electron chi connectivity index (χ3n) is 7.49. The first kappa shape index (κ1) is 23.5. The Morgan fingerprint density at radius 3 is 2.59 bits per heavy atom. The Bertz CT molecular complexity index is 1030. The minimum absolute atomic E-state index is 0.0104. The first-order chi connectivity index (χ1) is 16.5. The minimum Gasteiger partial charge on any atom is -0.493 e. The molecular formula is C27H33ClN2O4. The molecule has 2 saturated heterocycles. The summed E-state index contributed by atoms with van der Waals surface area (Å²) >= 11 is 6.63. The van der Waals surface area contributed by atoms with Crippen LogP contribution in [0.2, 0.25) is 5.02 Å². The number of piperidine rings is 1. The quantitative estimate of drug-likeness (QED) is 0.495. The Hall–Kier alpha value is -2.28. The van der Waals surface area contributed by atoms with Crippen molar-refractivity contribution in [3.8, 4) is 11.5 Å². The maximum absolute atomic E-state index is 13.2. The second-order valence-corrected chi connectivity index (χ2v) is 10.0. The van der Waals surface area contributed by atoms with Gasteiger partial charge in [0.25, 0.3) is 5.91 Å². The van der Waals surface area contributed by atoms with E-state index >= 15 is 0 Å². The summed E-state index contributed by atoms with van der Waals surface area (Å²) in [7, 11) is 3.91. The van der Waals surface area contributed by atoms with Gasteiger partial charge in [0.05, 0.1) is 11.6 Å². The SMILES string of the molecule is COCCCOc1ccc2c(c1)CCN(c1ccc(OC3C[C@H]4CC[C@@H](C3)N4C)c(Cl)c1)C2=O. The van der Waals surface area contributed by atoms with Crippen LogP contribution < -0.4 is 14.4 Å².